The molecule has 0 saturated heterocycles. The first kappa shape index (κ1) is 11.3. The van der Waals surface area contributed by atoms with Gasteiger partial charge in [0.05, 0.1) is 12.7 Å². The van der Waals surface area contributed by atoms with E-state index in [4.69, 9.17) is 4.74 Å². The van der Waals surface area contributed by atoms with E-state index < -0.39 is 0 Å². The van der Waals surface area contributed by atoms with Crippen LogP contribution >= 0.6 is 0 Å². The van der Waals surface area contributed by atoms with Crippen molar-refractivity contribution < 1.29 is 9.53 Å². The third-order valence-electron chi connectivity index (χ3n) is 1.88. The lowest BCUT2D eigenvalue weighted by atomic mass is 10.1. The van der Waals surface area contributed by atoms with Crippen LogP contribution in [0.25, 0.3) is 5.57 Å². The Morgan fingerprint density at radius 1 is 1.27 bits per heavy atom. The van der Waals surface area contributed by atoms with Crippen molar-refractivity contribution in [3.8, 4) is 0 Å². The van der Waals surface area contributed by atoms with Gasteiger partial charge in [0.2, 0.25) is 0 Å². The van der Waals surface area contributed by atoms with Gasteiger partial charge in [-0.3, -0.25) is 0 Å². The largest absolute Gasteiger partial charge is 0.465 e. The van der Waals surface area contributed by atoms with Gasteiger partial charge in [0.15, 0.2) is 0 Å². The van der Waals surface area contributed by atoms with E-state index in [1.54, 1.807) is 6.20 Å². The fraction of sp³-hybridized carbons (Fsp3) is 0.250. The number of benzene rings is 1. The molecule has 0 amide bonds. The second-order valence-electron chi connectivity index (χ2n) is 3.36. The minimum atomic E-state index is -0.324. The second kappa shape index (κ2) is 5.20. The lowest BCUT2D eigenvalue weighted by Gasteiger charge is -2.10. The second-order valence-corrected chi connectivity index (χ2v) is 3.36. The zero-order valence-electron chi connectivity index (χ0n) is 9.23. The summed E-state index contributed by atoms with van der Waals surface area (Å²) < 4.78 is 4.73. The van der Waals surface area contributed by atoms with Gasteiger partial charge in [0.25, 0.3) is 0 Å². The molecule has 0 saturated carbocycles. The topological polar surface area (TPSA) is 29.5 Å². The standard InChI is InChI=1S/C12H15NO2/c1-13(2)9-11(12(14)15-3)10-7-5-4-6-8-10/h4-9H,1-3H3/b11-9-. The molecule has 0 spiro atoms. The van der Waals surface area contributed by atoms with Crippen LogP contribution in [0.3, 0.4) is 0 Å². The number of methoxy groups -OCH3 is 1. The first-order valence-electron chi connectivity index (χ1n) is 4.67. The van der Waals surface area contributed by atoms with Crippen molar-refractivity contribution in [2.24, 2.45) is 0 Å². The maximum atomic E-state index is 11.5. The van der Waals surface area contributed by atoms with E-state index in [1.165, 1.54) is 7.11 Å². The summed E-state index contributed by atoms with van der Waals surface area (Å²) in [4.78, 5) is 13.3. The van der Waals surface area contributed by atoms with Gasteiger partial charge < -0.3 is 9.64 Å². The molecule has 0 bridgehead atoms. The molecule has 3 heteroatoms. The number of nitrogens with zero attached hydrogens (tertiary/aromatic N) is 1. The quantitative estimate of drug-likeness (QED) is 0.556. The van der Waals surface area contributed by atoms with Gasteiger partial charge >= 0.3 is 5.97 Å². The van der Waals surface area contributed by atoms with Crippen LogP contribution in [0, 0.1) is 0 Å². The van der Waals surface area contributed by atoms with Crippen molar-refractivity contribution >= 4 is 11.5 Å². The van der Waals surface area contributed by atoms with Crippen LogP contribution in [-0.4, -0.2) is 32.1 Å². The zero-order chi connectivity index (χ0) is 11.3. The molecule has 1 aromatic rings. The Morgan fingerprint density at radius 2 is 1.87 bits per heavy atom. The summed E-state index contributed by atoms with van der Waals surface area (Å²) in [6.07, 6.45) is 1.75. The number of hydrogen-bond acceptors (Lipinski definition) is 3. The van der Waals surface area contributed by atoms with Crippen molar-refractivity contribution in [1.82, 2.24) is 4.90 Å². The van der Waals surface area contributed by atoms with Gasteiger partial charge in [0.1, 0.15) is 0 Å². The molecule has 80 valence electrons. The van der Waals surface area contributed by atoms with Crippen molar-refractivity contribution in [2.45, 2.75) is 0 Å². The normalized spacial score (nSPS) is 11.0. The Bertz CT molecular complexity index is 355. The fourth-order valence-corrected chi connectivity index (χ4v) is 1.23. The number of esters is 1. The van der Waals surface area contributed by atoms with E-state index in [9.17, 15) is 4.79 Å². The average Bonchev–Trinajstić information content (AvgIpc) is 2.26. The number of hydrogen-bond donors (Lipinski definition) is 0. The summed E-state index contributed by atoms with van der Waals surface area (Å²) in [7, 11) is 5.12. The molecule has 0 fully saturated rings. The summed E-state index contributed by atoms with van der Waals surface area (Å²) in [6.45, 7) is 0. The Labute approximate surface area is 90.0 Å². The van der Waals surface area contributed by atoms with Gasteiger partial charge in [-0.15, -0.1) is 0 Å². The maximum absolute atomic E-state index is 11.5. The van der Waals surface area contributed by atoms with Crippen LogP contribution in [0.5, 0.6) is 0 Å². The van der Waals surface area contributed by atoms with Crippen molar-refractivity contribution in [1.29, 1.82) is 0 Å². The first-order valence-corrected chi connectivity index (χ1v) is 4.67. The van der Waals surface area contributed by atoms with Gasteiger partial charge in [-0.1, -0.05) is 30.3 Å². The molecule has 0 unspecified atom stereocenters. The Kier molecular flexibility index (Phi) is 3.92. The van der Waals surface area contributed by atoms with E-state index in [0.717, 1.165) is 5.56 Å². The molecule has 0 aliphatic carbocycles. The lowest BCUT2D eigenvalue weighted by Crippen LogP contribution is -2.09. The predicted molar refractivity (Wildman–Crippen MR) is 60.1 cm³/mol. The highest BCUT2D eigenvalue weighted by Crippen LogP contribution is 2.15. The summed E-state index contributed by atoms with van der Waals surface area (Å²) in [5, 5.41) is 0. The van der Waals surface area contributed by atoms with Crippen LogP contribution in [-0.2, 0) is 9.53 Å². The molecular weight excluding hydrogens is 190 g/mol. The van der Waals surface area contributed by atoms with Gasteiger partial charge in [0, 0.05) is 20.3 Å². The van der Waals surface area contributed by atoms with Crippen LogP contribution in [0.1, 0.15) is 5.56 Å². The molecule has 0 aromatic heterocycles. The summed E-state index contributed by atoms with van der Waals surface area (Å²) in [5.41, 5.74) is 1.42. The van der Waals surface area contributed by atoms with Crippen LogP contribution in [0.15, 0.2) is 36.5 Å². The van der Waals surface area contributed by atoms with Gasteiger partial charge in [-0.05, 0) is 5.56 Å². The van der Waals surface area contributed by atoms with E-state index in [-0.39, 0.29) is 5.97 Å². The van der Waals surface area contributed by atoms with Crippen molar-refractivity contribution in [3.63, 3.8) is 0 Å². The van der Waals surface area contributed by atoms with Crippen molar-refractivity contribution in [3.05, 3.63) is 42.1 Å². The maximum Gasteiger partial charge on any atom is 0.339 e. The molecule has 0 radical (unpaired) electrons. The van der Waals surface area contributed by atoms with Crippen LogP contribution in [0.2, 0.25) is 0 Å². The van der Waals surface area contributed by atoms with E-state index in [2.05, 4.69) is 0 Å². The van der Waals surface area contributed by atoms with E-state index in [1.807, 2.05) is 49.3 Å². The molecule has 3 nitrogen and oxygen atoms in total. The molecule has 0 aliphatic heterocycles. The van der Waals surface area contributed by atoms with E-state index in [0.29, 0.717) is 5.57 Å². The van der Waals surface area contributed by atoms with Crippen molar-refractivity contribution in [2.75, 3.05) is 21.2 Å². The molecule has 0 atom stereocenters. The number of carbonyl (C=O) groups is 1. The minimum absolute atomic E-state index is 0.324. The molecule has 15 heavy (non-hydrogen) atoms. The number of rotatable bonds is 3. The molecule has 1 aromatic carbocycles. The Hall–Kier alpha value is -1.77. The van der Waals surface area contributed by atoms with E-state index >= 15 is 0 Å². The highest BCUT2D eigenvalue weighted by Gasteiger charge is 2.11. The average molecular weight is 205 g/mol. The molecule has 0 N–H and O–H groups in total. The number of ether oxygens (including phenoxy) is 1. The Morgan fingerprint density at radius 3 is 2.33 bits per heavy atom. The monoisotopic (exact) mass is 205 g/mol. The fourth-order valence-electron chi connectivity index (χ4n) is 1.23. The van der Waals surface area contributed by atoms with Gasteiger partial charge in [-0.25, -0.2) is 4.79 Å². The van der Waals surface area contributed by atoms with Gasteiger partial charge in [-0.2, -0.15) is 0 Å². The summed E-state index contributed by atoms with van der Waals surface area (Å²) in [6, 6.07) is 9.45. The van der Waals surface area contributed by atoms with Crippen LogP contribution < -0.4 is 0 Å². The zero-order valence-corrected chi connectivity index (χ0v) is 9.23. The molecule has 0 aliphatic rings. The lowest BCUT2D eigenvalue weighted by molar-refractivity contribution is -0.133. The smallest absolute Gasteiger partial charge is 0.339 e. The highest BCUT2D eigenvalue weighted by molar-refractivity contribution is 6.16. The molecule has 1 rings (SSSR count). The SMILES string of the molecule is COC(=O)/C(=C\N(C)C)c1ccccc1. The highest BCUT2D eigenvalue weighted by atomic mass is 16.5. The third kappa shape index (κ3) is 3.13. The summed E-state index contributed by atoms with van der Waals surface area (Å²) >= 11 is 0. The third-order valence-corrected chi connectivity index (χ3v) is 1.88. The van der Waals surface area contributed by atoms with Crippen LogP contribution in [0.4, 0.5) is 0 Å². The number of carbonyl (C=O) groups excluding carboxylic acids is 1. The molecular formula is C12H15NO2. The first-order chi connectivity index (χ1) is 7.15. The Balaban J connectivity index is 3.08. The minimum Gasteiger partial charge on any atom is -0.465 e. The molecule has 0 heterocycles. The predicted octanol–water partition coefficient (Wildman–Crippen LogP) is 1.76. The summed E-state index contributed by atoms with van der Waals surface area (Å²) in [5.74, 6) is -0.324.